The van der Waals surface area contributed by atoms with Gasteiger partial charge in [0.15, 0.2) is 16.6 Å². The van der Waals surface area contributed by atoms with E-state index in [1.807, 2.05) is 18.2 Å². The van der Waals surface area contributed by atoms with E-state index in [1.165, 1.54) is 29.8 Å². The highest BCUT2D eigenvalue weighted by atomic mass is 127. The van der Waals surface area contributed by atoms with Gasteiger partial charge in [-0.2, -0.15) is 4.98 Å². The van der Waals surface area contributed by atoms with Gasteiger partial charge in [0.2, 0.25) is 10.0 Å². The Bertz CT molecular complexity index is 1330. The van der Waals surface area contributed by atoms with Crippen LogP contribution in [0.3, 0.4) is 0 Å². The molecule has 154 valence electrons. The lowest BCUT2D eigenvalue weighted by atomic mass is 10.2. The average Bonchev–Trinajstić information content (AvgIpc) is 3.11. The number of hydrogen-bond donors (Lipinski definition) is 3. The maximum atomic E-state index is 11.4. The van der Waals surface area contributed by atoms with Gasteiger partial charge in [-0.05, 0) is 48.0 Å². The first kappa shape index (κ1) is 21.2. The van der Waals surface area contributed by atoms with Crippen LogP contribution in [0, 0.1) is 0 Å². The molecule has 0 unspecified atom stereocenters. The molecule has 0 amide bonds. The molecule has 8 nitrogen and oxygen atoms in total. The molecule has 2 aromatic heterocycles. The minimum Gasteiger partial charge on any atom is -0.339 e. The molecule has 0 spiro atoms. The fraction of sp³-hybridized carbons (Fsp3) is 0.0556. The van der Waals surface area contributed by atoms with Gasteiger partial charge in [-0.25, -0.2) is 23.5 Å². The van der Waals surface area contributed by atoms with Gasteiger partial charge in [0.25, 0.3) is 0 Å². The number of halogens is 2. The standard InChI is InChI=1S/C18H14ClIN6O2S2/c19-11-5-10(8-20)6-13(7-11)24-16-15-17(23-9-22-16)26-18(29-15)25-12-1-3-14(4-2-12)30(21,27)28/h1-7,9H,8H2,(H2,21,27,28)(H2,22,23,24,25,26). The molecule has 0 saturated heterocycles. The third-order valence-electron chi connectivity index (χ3n) is 4.00. The Morgan fingerprint density at radius 3 is 2.53 bits per heavy atom. The summed E-state index contributed by atoms with van der Waals surface area (Å²) in [7, 11) is -3.73. The van der Waals surface area contributed by atoms with Crippen LogP contribution in [0.15, 0.2) is 53.7 Å². The lowest BCUT2D eigenvalue weighted by Crippen LogP contribution is -2.11. The predicted molar refractivity (Wildman–Crippen MR) is 129 cm³/mol. The summed E-state index contributed by atoms with van der Waals surface area (Å²) < 4.78 is 24.4. The first-order chi connectivity index (χ1) is 14.3. The number of primary sulfonamides is 1. The fourth-order valence-corrected chi connectivity index (χ4v) is 4.78. The van der Waals surface area contributed by atoms with Crippen LogP contribution in [-0.4, -0.2) is 23.4 Å². The van der Waals surface area contributed by atoms with Crippen LogP contribution in [0.5, 0.6) is 0 Å². The van der Waals surface area contributed by atoms with Crippen molar-refractivity contribution in [3.63, 3.8) is 0 Å². The SMILES string of the molecule is NS(=O)(=O)c1ccc(Nc2nc3ncnc(Nc4cc(Cl)cc(CI)c4)c3s2)cc1. The van der Waals surface area contributed by atoms with E-state index in [2.05, 4.69) is 48.2 Å². The zero-order valence-electron chi connectivity index (χ0n) is 15.1. The number of thiazole rings is 1. The van der Waals surface area contributed by atoms with E-state index in [-0.39, 0.29) is 4.90 Å². The summed E-state index contributed by atoms with van der Waals surface area (Å²) in [5.74, 6) is 0.622. The highest BCUT2D eigenvalue weighted by molar-refractivity contribution is 14.1. The van der Waals surface area contributed by atoms with Crippen LogP contribution >= 0.6 is 45.5 Å². The average molecular weight is 573 g/mol. The Morgan fingerprint density at radius 1 is 1.07 bits per heavy atom. The van der Waals surface area contributed by atoms with Crippen LogP contribution in [0.25, 0.3) is 10.3 Å². The number of rotatable bonds is 6. The van der Waals surface area contributed by atoms with Crippen LogP contribution < -0.4 is 15.8 Å². The molecule has 2 heterocycles. The van der Waals surface area contributed by atoms with Gasteiger partial charge in [0.05, 0.1) is 4.90 Å². The van der Waals surface area contributed by atoms with Crippen LogP contribution in [0.4, 0.5) is 22.3 Å². The molecule has 0 aliphatic carbocycles. The van der Waals surface area contributed by atoms with E-state index < -0.39 is 10.0 Å². The van der Waals surface area contributed by atoms with E-state index in [0.29, 0.717) is 27.3 Å². The number of anilines is 4. The summed E-state index contributed by atoms with van der Waals surface area (Å²) in [4.78, 5) is 13.1. The predicted octanol–water partition coefficient (Wildman–Crippen LogP) is 4.81. The molecule has 4 rings (SSSR count). The number of hydrogen-bond acceptors (Lipinski definition) is 8. The van der Waals surface area contributed by atoms with Crippen molar-refractivity contribution in [2.24, 2.45) is 5.14 Å². The summed E-state index contributed by atoms with van der Waals surface area (Å²) >= 11 is 9.86. The lowest BCUT2D eigenvalue weighted by Gasteiger charge is -2.08. The van der Waals surface area contributed by atoms with Gasteiger partial charge < -0.3 is 10.6 Å². The molecule has 0 bridgehead atoms. The smallest absolute Gasteiger partial charge is 0.238 e. The van der Waals surface area contributed by atoms with Crippen LogP contribution in [0.2, 0.25) is 5.02 Å². The number of sulfonamides is 1. The number of nitrogens with one attached hydrogen (secondary N) is 2. The normalized spacial score (nSPS) is 11.6. The van der Waals surface area contributed by atoms with E-state index in [1.54, 1.807) is 12.1 Å². The van der Waals surface area contributed by atoms with Gasteiger partial charge in [0.1, 0.15) is 11.0 Å². The molecule has 0 saturated carbocycles. The Kier molecular flexibility index (Phi) is 6.06. The molecule has 4 N–H and O–H groups in total. The highest BCUT2D eigenvalue weighted by Gasteiger charge is 2.13. The third-order valence-corrected chi connectivity index (χ3v) is 6.99. The second-order valence-corrected chi connectivity index (χ2v) is 9.95. The van der Waals surface area contributed by atoms with Crippen molar-refractivity contribution >= 4 is 88.2 Å². The number of benzene rings is 2. The Morgan fingerprint density at radius 2 is 1.83 bits per heavy atom. The monoisotopic (exact) mass is 572 g/mol. The van der Waals surface area contributed by atoms with E-state index in [9.17, 15) is 8.42 Å². The minimum absolute atomic E-state index is 0.0436. The number of nitrogens with zero attached hydrogens (tertiary/aromatic N) is 3. The minimum atomic E-state index is -3.73. The van der Waals surface area contributed by atoms with Gasteiger partial charge in [-0.15, -0.1) is 0 Å². The van der Waals surface area contributed by atoms with Crippen molar-refractivity contribution in [1.29, 1.82) is 0 Å². The third kappa shape index (κ3) is 4.81. The van der Waals surface area contributed by atoms with Gasteiger partial charge in [-0.3, -0.25) is 0 Å². The van der Waals surface area contributed by atoms with Crippen molar-refractivity contribution in [2.75, 3.05) is 10.6 Å². The maximum Gasteiger partial charge on any atom is 0.238 e. The first-order valence-electron chi connectivity index (χ1n) is 8.46. The maximum absolute atomic E-state index is 11.4. The number of aromatic nitrogens is 3. The molecule has 0 aliphatic heterocycles. The highest BCUT2D eigenvalue weighted by Crippen LogP contribution is 2.33. The molecule has 0 radical (unpaired) electrons. The number of fused-ring (bicyclic) bond motifs is 1. The summed E-state index contributed by atoms with van der Waals surface area (Å²) in [5, 5.41) is 12.8. The Balaban J connectivity index is 1.61. The molecule has 4 aromatic rings. The molecule has 2 aromatic carbocycles. The summed E-state index contributed by atoms with van der Waals surface area (Å²) in [6, 6.07) is 11.9. The first-order valence-corrected chi connectivity index (χ1v) is 12.7. The molecular formula is C18H14ClIN6O2S2. The Hall–Kier alpha value is -2.06. The summed E-state index contributed by atoms with van der Waals surface area (Å²) in [6.45, 7) is 0. The van der Waals surface area contributed by atoms with Crippen LogP contribution in [-0.2, 0) is 14.5 Å². The van der Waals surface area contributed by atoms with Gasteiger partial charge in [-0.1, -0.05) is 45.5 Å². The topological polar surface area (TPSA) is 123 Å². The van der Waals surface area contributed by atoms with Gasteiger partial charge in [0, 0.05) is 20.8 Å². The molecule has 0 aliphatic rings. The fourth-order valence-electron chi connectivity index (χ4n) is 2.68. The zero-order valence-corrected chi connectivity index (χ0v) is 19.7. The molecule has 12 heteroatoms. The second-order valence-electron chi connectivity index (χ2n) is 6.20. The molecule has 0 fully saturated rings. The van der Waals surface area contributed by atoms with E-state index in [0.717, 1.165) is 20.4 Å². The lowest BCUT2D eigenvalue weighted by molar-refractivity contribution is 0.598. The second kappa shape index (κ2) is 8.59. The quantitative estimate of drug-likeness (QED) is 0.224. The number of nitrogens with two attached hydrogens (primary N) is 1. The molecular weight excluding hydrogens is 559 g/mol. The number of alkyl halides is 1. The van der Waals surface area contributed by atoms with E-state index in [4.69, 9.17) is 16.7 Å². The summed E-state index contributed by atoms with van der Waals surface area (Å²) in [5.41, 5.74) is 3.14. The molecule has 0 atom stereocenters. The van der Waals surface area contributed by atoms with Crippen molar-refractivity contribution in [3.05, 3.63) is 59.4 Å². The van der Waals surface area contributed by atoms with Crippen molar-refractivity contribution in [2.45, 2.75) is 9.32 Å². The zero-order chi connectivity index (χ0) is 21.3. The van der Waals surface area contributed by atoms with Crippen molar-refractivity contribution in [3.8, 4) is 0 Å². The molecule has 30 heavy (non-hydrogen) atoms. The van der Waals surface area contributed by atoms with Gasteiger partial charge >= 0.3 is 0 Å². The largest absolute Gasteiger partial charge is 0.339 e. The van der Waals surface area contributed by atoms with Crippen molar-refractivity contribution < 1.29 is 8.42 Å². The van der Waals surface area contributed by atoms with Crippen LogP contribution in [0.1, 0.15) is 5.56 Å². The summed E-state index contributed by atoms with van der Waals surface area (Å²) in [6.07, 6.45) is 1.44. The van der Waals surface area contributed by atoms with E-state index >= 15 is 0 Å². The Labute approximate surface area is 195 Å². The van der Waals surface area contributed by atoms with Crippen molar-refractivity contribution in [1.82, 2.24) is 15.0 Å².